The van der Waals surface area contributed by atoms with Crippen molar-refractivity contribution in [3.8, 4) is 0 Å². The molecule has 0 amide bonds. The minimum atomic E-state index is -1.06. The summed E-state index contributed by atoms with van der Waals surface area (Å²) in [5.74, 6) is -1.58. The average molecular weight is 526 g/mol. The fourth-order valence-electron chi connectivity index (χ4n) is 5.34. The van der Waals surface area contributed by atoms with Crippen molar-refractivity contribution in [1.82, 2.24) is 0 Å². The zero-order chi connectivity index (χ0) is 25.6. The number of carboxylic acids is 1. The van der Waals surface area contributed by atoms with E-state index in [0.29, 0.717) is 22.6 Å². The molecule has 0 saturated heterocycles. The molecule has 9 nitrogen and oxygen atoms in total. The van der Waals surface area contributed by atoms with E-state index < -0.39 is 27.2 Å². The highest BCUT2D eigenvalue weighted by Crippen LogP contribution is 2.58. The first kappa shape index (κ1) is 24.1. The number of aromatic carboxylic acids is 1. The molecule has 1 aliphatic carbocycles. The van der Waals surface area contributed by atoms with Crippen LogP contribution < -0.4 is 5.32 Å². The number of halogens is 1. The molecule has 3 aromatic carbocycles. The van der Waals surface area contributed by atoms with Gasteiger partial charge in [0.25, 0.3) is 11.4 Å². The van der Waals surface area contributed by atoms with Gasteiger partial charge in [-0.1, -0.05) is 30.3 Å². The Morgan fingerprint density at radius 1 is 0.972 bits per heavy atom. The molecule has 5 rings (SSSR count). The molecule has 3 aromatic rings. The maximum absolute atomic E-state index is 11.8. The molecule has 1 fully saturated rings. The van der Waals surface area contributed by atoms with Crippen LogP contribution >= 0.6 is 23.4 Å². The zero-order valence-corrected chi connectivity index (χ0v) is 20.2. The van der Waals surface area contributed by atoms with Crippen LogP contribution in [0.25, 0.3) is 0 Å². The van der Waals surface area contributed by atoms with Crippen LogP contribution in [0.5, 0.6) is 0 Å². The Labute approximate surface area is 214 Å². The largest absolute Gasteiger partial charge is 0.478 e. The number of carboxylic acid groups (broad SMARTS) is 1. The van der Waals surface area contributed by atoms with Gasteiger partial charge in [-0.25, -0.2) is 4.79 Å². The summed E-state index contributed by atoms with van der Waals surface area (Å²) in [5, 5.41) is 35.6. The van der Waals surface area contributed by atoms with E-state index in [1.807, 2.05) is 0 Å². The Morgan fingerprint density at radius 2 is 1.64 bits per heavy atom. The highest BCUT2D eigenvalue weighted by Gasteiger charge is 2.51. The molecular formula is C25H20ClN3O6S. The third kappa shape index (κ3) is 4.16. The van der Waals surface area contributed by atoms with Crippen molar-refractivity contribution in [2.75, 3.05) is 5.32 Å². The first-order chi connectivity index (χ1) is 17.3. The maximum Gasteiger partial charge on any atom is 0.335 e. The van der Waals surface area contributed by atoms with E-state index in [9.17, 15) is 30.1 Å². The zero-order valence-electron chi connectivity index (χ0n) is 18.6. The molecule has 0 bridgehead atoms. The van der Waals surface area contributed by atoms with E-state index in [1.54, 1.807) is 48.5 Å². The lowest BCUT2D eigenvalue weighted by atomic mass is 9.76. The summed E-state index contributed by atoms with van der Waals surface area (Å²) in [6.07, 6.45) is 0.524. The normalized spacial score (nSPS) is 24.3. The van der Waals surface area contributed by atoms with E-state index in [2.05, 4.69) is 5.32 Å². The Hall–Kier alpha value is -3.63. The van der Waals surface area contributed by atoms with Gasteiger partial charge in [0.15, 0.2) is 0 Å². The number of alkyl halides is 1. The molecule has 11 heteroatoms. The fourth-order valence-corrected chi connectivity index (χ4v) is 7.29. The van der Waals surface area contributed by atoms with Crippen molar-refractivity contribution in [3.05, 3.63) is 104 Å². The van der Waals surface area contributed by atoms with Crippen LogP contribution in [0, 0.1) is 26.1 Å². The summed E-state index contributed by atoms with van der Waals surface area (Å²) < 4.78 is 0. The van der Waals surface area contributed by atoms with Crippen LogP contribution in [0.1, 0.15) is 39.9 Å². The topological polar surface area (TPSA) is 136 Å². The van der Waals surface area contributed by atoms with Crippen LogP contribution in [-0.2, 0) is 0 Å². The fraction of sp³-hybridized carbons (Fsp3) is 0.240. The van der Waals surface area contributed by atoms with E-state index >= 15 is 0 Å². The molecule has 0 spiro atoms. The van der Waals surface area contributed by atoms with E-state index in [0.717, 1.165) is 5.56 Å². The van der Waals surface area contributed by atoms with Crippen LogP contribution in [0.15, 0.2) is 71.6 Å². The van der Waals surface area contributed by atoms with Gasteiger partial charge in [-0.2, -0.15) is 0 Å². The number of hydrogen-bond donors (Lipinski definition) is 2. The maximum atomic E-state index is 11.8. The number of nitrogens with zero attached hydrogens (tertiary/aromatic N) is 2. The second-order valence-corrected chi connectivity index (χ2v) is 10.6. The Kier molecular flexibility index (Phi) is 6.31. The number of anilines is 1. The number of para-hydroxylation sites is 2. The Balaban J connectivity index is 1.60. The van der Waals surface area contributed by atoms with E-state index in [1.165, 1.54) is 30.0 Å². The number of nitro groups is 2. The first-order valence-electron chi connectivity index (χ1n) is 11.2. The number of benzene rings is 3. The number of hydrogen-bond acceptors (Lipinski definition) is 7. The van der Waals surface area contributed by atoms with Gasteiger partial charge in [-0.05, 0) is 42.2 Å². The molecule has 5 atom stereocenters. The Morgan fingerprint density at radius 3 is 2.33 bits per heavy atom. The number of nitrogens with one attached hydrogen (secondary N) is 1. The second kappa shape index (κ2) is 9.44. The third-order valence-electron chi connectivity index (χ3n) is 6.87. The molecule has 0 unspecified atom stereocenters. The van der Waals surface area contributed by atoms with Gasteiger partial charge in [-0.3, -0.25) is 20.2 Å². The summed E-state index contributed by atoms with van der Waals surface area (Å²) in [4.78, 5) is 34.7. The highest BCUT2D eigenvalue weighted by molar-refractivity contribution is 8.00. The average Bonchev–Trinajstić information content (AvgIpc) is 3.19. The standard InChI is InChI=1S/C25H20ClN3O6S/c26-23-21(36-20-8-4-3-7-19(20)29(34)35)12-16-22(23)15-11-13(25(30)31)9-10-17(15)27-24(16)14-5-1-2-6-18(14)28(32)33/h1-11,16,21-24,27H,12H2,(H,30,31)/t16-,21+,22-,23+,24-/m0/s1. The lowest BCUT2D eigenvalue weighted by molar-refractivity contribution is -0.387. The summed E-state index contributed by atoms with van der Waals surface area (Å²) in [5.41, 5.74) is 2.03. The summed E-state index contributed by atoms with van der Waals surface area (Å²) in [7, 11) is 0. The van der Waals surface area contributed by atoms with E-state index in [-0.39, 0.29) is 34.0 Å². The summed E-state index contributed by atoms with van der Waals surface area (Å²) in [6, 6.07) is 17.3. The molecule has 0 aromatic heterocycles. The highest BCUT2D eigenvalue weighted by atomic mass is 35.5. The van der Waals surface area contributed by atoms with Gasteiger partial charge in [0.1, 0.15) is 0 Å². The molecule has 0 radical (unpaired) electrons. The van der Waals surface area contributed by atoms with Gasteiger partial charge in [-0.15, -0.1) is 23.4 Å². The lowest BCUT2D eigenvalue weighted by Gasteiger charge is -2.38. The second-order valence-electron chi connectivity index (χ2n) is 8.80. The monoisotopic (exact) mass is 525 g/mol. The number of nitro benzene ring substituents is 2. The minimum absolute atomic E-state index is 0.0109. The van der Waals surface area contributed by atoms with E-state index in [4.69, 9.17) is 11.6 Å². The van der Waals surface area contributed by atoms with Crippen molar-refractivity contribution in [3.63, 3.8) is 0 Å². The SMILES string of the molecule is O=C(O)c1ccc2c(c1)[C@@H]1[C@H](Cl)[C@H](Sc3ccccc3[N+](=O)[O-])C[C@@H]1[C@H](c1ccccc1[N+](=O)[O-])N2. The molecule has 2 aliphatic rings. The van der Waals surface area contributed by atoms with Gasteiger partial charge in [0.2, 0.25) is 0 Å². The van der Waals surface area contributed by atoms with Crippen LogP contribution in [0.2, 0.25) is 0 Å². The van der Waals surface area contributed by atoms with Crippen LogP contribution in [0.3, 0.4) is 0 Å². The quantitative estimate of drug-likeness (QED) is 0.219. The molecule has 184 valence electrons. The molecular weight excluding hydrogens is 506 g/mol. The first-order valence-corrected chi connectivity index (χ1v) is 12.5. The van der Waals surface area contributed by atoms with Crippen LogP contribution in [0.4, 0.5) is 17.1 Å². The lowest BCUT2D eigenvalue weighted by Crippen LogP contribution is -2.31. The van der Waals surface area contributed by atoms with Gasteiger partial charge < -0.3 is 10.4 Å². The van der Waals surface area contributed by atoms with Crippen LogP contribution in [-0.4, -0.2) is 31.5 Å². The predicted molar refractivity (Wildman–Crippen MR) is 136 cm³/mol. The van der Waals surface area contributed by atoms with Gasteiger partial charge >= 0.3 is 5.97 Å². The predicted octanol–water partition coefficient (Wildman–Crippen LogP) is 6.24. The molecule has 36 heavy (non-hydrogen) atoms. The van der Waals surface area contributed by atoms with Gasteiger partial charge in [0, 0.05) is 29.0 Å². The Bertz CT molecular complexity index is 1390. The summed E-state index contributed by atoms with van der Waals surface area (Å²) in [6.45, 7) is 0. The molecule has 1 heterocycles. The third-order valence-corrected chi connectivity index (χ3v) is 8.98. The van der Waals surface area contributed by atoms with Crippen molar-refractivity contribution in [2.45, 2.75) is 33.9 Å². The number of thioether (sulfide) groups is 1. The number of fused-ring (bicyclic) bond motifs is 3. The van der Waals surface area contributed by atoms with Crippen molar-refractivity contribution in [2.24, 2.45) is 5.92 Å². The molecule has 1 saturated carbocycles. The van der Waals surface area contributed by atoms with Gasteiger partial charge in [0.05, 0.1) is 37.3 Å². The van der Waals surface area contributed by atoms with Crippen molar-refractivity contribution >= 4 is 46.4 Å². The molecule has 2 N–H and O–H groups in total. The molecule has 1 aliphatic heterocycles. The summed E-state index contributed by atoms with van der Waals surface area (Å²) >= 11 is 8.37. The number of carbonyl (C=O) groups is 1. The van der Waals surface area contributed by atoms with Crippen molar-refractivity contribution < 1.29 is 19.7 Å². The van der Waals surface area contributed by atoms with Crippen molar-refractivity contribution in [1.29, 1.82) is 0 Å². The minimum Gasteiger partial charge on any atom is -0.478 e. The number of rotatable bonds is 6. The smallest absolute Gasteiger partial charge is 0.335 e.